The van der Waals surface area contributed by atoms with Crippen molar-refractivity contribution >= 4 is 12.0 Å². The summed E-state index contributed by atoms with van der Waals surface area (Å²) in [5.74, 6) is 0.109. The monoisotopic (exact) mass is 339 g/mol. The number of carbonyl (C=O) groups excluding carboxylic acids is 2. The fraction of sp³-hybridized carbons (Fsp3) is 0.889. The first kappa shape index (κ1) is 19.0. The van der Waals surface area contributed by atoms with Crippen molar-refractivity contribution in [1.82, 2.24) is 15.5 Å². The quantitative estimate of drug-likeness (QED) is 0.810. The SMILES string of the molecule is CC(C)(C)OC(=O)N1CCC(NC2CCCCNC2=O)C(C)(C)C1. The number of rotatable bonds is 2. The minimum Gasteiger partial charge on any atom is -0.444 e. The Kier molecular flexibility index (Phi) is 5.78. The van der Waals surface area contributed by atoms with E-state index in [2.05, 4.69) is 24.5 Å². The molecule has 2 fully saturated rings. The topological polar surface area (TPSA) is 70.7 Å². The zero-order chi connectivity index (χ0) is 18.0. The van der Waals surface area contributed by atoms with Crippen molar-refractivity contribution in [1.29, 1.82) is 0 Å². The van der Waals surface area contributed by atoms with E-state index in [1.807, 2.05) is 20.8 Å². The van der Waals surface area contributed by atoms with E-state index < -0.39 is 5.60 Å². The molecule has 2 aliphatic rings. The average molecular weight is 339 g/mol. The highest BCUT2D eigenvalue weighted by Crippen LogP contribution is 2.31. The molecule has 0 saturated carbocycles. The molecule has 0 aromatic heterocycles. The Balaban J connectivity index is 1.95. The van der Waals surface area contributed by atoms with E-state index in [0.29, 0.717) is 13.1 Å². The van der Waals surface area contributed by atoms with Crippen LogP contribution in [0.2, 0.25) is 0 Å². The van der Waals surface area contributed by atoms with Crippen LogP contribution in [0.4, 0.5) is 4.79 Å². The summed E-state index contributed by atoms with van der Waals surface area (Å²) in [5, 5.41) is 6.53. The van der Waals surface area contributed by atoms with E-state index in [9.17, 15) is 9.59 Å². The number of nitrogens with one attached hydrogen (secondary N) is 2. The molecular formula is C18H33N3O3. The molecule has 0 radical (unpaired) electrons. The van der Waals surface area contributed by atoms with Gasteiger partial charge in [0.25, 0.3) is 0 Å². The standard InChI is InChI=1S/C18H33N3O3/c1-17(2,3)24-16(23)21-11-9-14(18(4,5)12-21)20-13-8-6-7-10-19-15(13)22/h13-14,20H,6-12H2,1-5H3,(H,19,22). The van der Waals surface area contributed by atoms with Gasteiger partial charge in [-0.3, -0.25) is 4.79 Å². The van der Waals surface area contributed by atoms with Crippen molar-refractivity contribution in [2.45, 2.75) is 78.0 Å². The molecular weight excluding hydrogens is 306 g/mol. The number of hydrogen-bond acceptors (Lipinski definition) is 4. The number of carbonyl (C=O) groups is 2. The number of nitrogens with zero attached hydrogens (tertiary/aromatic N) is 1. The van der Waals surface area contributed by atoms with Gasteiger partial charge in [0.15, 0.2) is 0 Å². The first-order chi connectivity index (χ1) is 11.1. The van der Waals surface area contributed by atoms with E-state index in [0.717, 1.165) is 32.2 Å². The average Bonchev–Trinajstić information content (AvgIpc) is 2.64. The van der Waals surface area contributed by atoms with Gasteiger partial charge in [0.1, 0.15) is 5.60 Å². The Morgan fingerprint density at radius 3 is 2.62 bits per heavy atom. The first-order valence-electron chi connectivity index (χ1n) is 9.10. The highest BCUT2D eigenvalue weighted by atomic mass is 16.6. The van der Waals surface area contributed by atoms with Crippen molar-refractivity contribution in [3.63, 3.8) is 0 Å². The molecule has 2 amide bonds. The molecule has 6 nitrogen and oxygen atoms in total. The molecule has 24 heavy (non-hydrogen) atoms. The van der Waals surface area contributed by atoms with Crippen molar-refractivity contribution in [2.24, 2.45) is 5.41 Å². The van der Waals surface area contributed by atoms with Gasteiger partial charge in [-0.1, -0.05) is 13.8 Å². The van der Waals surface area contributed by atoms with Crippen molar-refractivity contribution in [3.8, 4) is 0 Å². The van der Waals surface area contributed by atoms with Crippen LogP contribution in [0, 0.1) is 5.41 Å². The zero-order valence-electron chi connectivity index (χ0n) is 15.8. The van der Waals surface area contributed by atoms with Crippen LogP contribution in [0.25, 0.3) is 0 Å². The maximum atomic E-state index is 12.3. The van der Waals surface area contributed by atoms with Crippen LogP contribution in [0.5, 0.6) is 0 Å². The lowest BCUT2D eigenvalue weighted by molar-refractivity contribution is -0.123. The van der Waals surface area contributed by atoms with E-state index in [1.165, 1.54) is 0 Å². The summed E-state index contributed by atoms with van der Waals surface area (Å²) in [6.07, 6.45) is 3.57. The lowest BCUT2D eigenvalue weighted by Crippen LogP contribution is -2.59. The Morgan fingerprint density at radius 2 is 2.00 bits per heavy atom. The molecule has 0 aromatic carbocycles. The van der Waals surface area contributed by atoms with Crippen LogP contribution in [-0.2, 0) is 9.53 Å². The van der Waals surface area contributed by atoms with Crippen molar-refractivity contribution < 1.29 is 14.3 Å². The van der Waals surface area contributed by atoms with E-state index in [4.69, 9.17) is 4.74 Å². The van der Waals surface area contributed by atoms with Crippen molar-refractivity contribution in [2.75, 3.05) is 19.6 Å². The molecule has 0 spiro atoms. The van der Waals surface area contributed by atoms with Crippen LogP contribution < -0.4 is 10.6 Å². The summed E-state index contributed by atoms with van der Waals surface area (Å²) in [7, 11) is 0. The van der Waals surface area contributed by atoms with Gasteiger partial charge in [-0.25, -0.2) is 4.79 Å². The molecule has 2 unspecified atom stereocenters. The van der Waals surface area contributed by atoms with Gasteiger partial charge >= 0.3 is 6.09 Å². The minimum absolute atomic E-state index is 0.109. The molecule has 2 aliphatic heterocycles. The second kappa shape index (κ2) is 7.30. The number of ether oxygens (including phenoxy) is 1. The molecule has 0 aliphatic carbocycles. The molecule has 2 N–H and O–H groups in total. The van der Waals surface area contributed by atoms with Crippen LogP contribution >= 0.6 is 0 Å². The summed E-state index contributed by atoms with van der Waals surface area (Å²) < 4.78 is 5.49. The Morgan fingerprint density at radius 1 is 1.29 bits per heavy atom. The lowest BCUT2D eigenvalue weighted by atomic mass is 9.78. The van der Waals surface area contributed by atoms with Crippen molar-refractivity contribution in [3.05, 3.63) is 0 Å². The Bertz CT molecular complexity index is 471. The smallest absolute Gasteiger partial charge is 0.410 e. The summed E-state index contributed by atoms with van der Waals surface area (Å²) >= 11 is 0. The second-order valence-corrected chi connectivity index (χ2v) is 8.74. The van der Waals surface area contributed by atoms with Gasteiger partial charge in [-0.15, -0.1) is 0 Å². The first-order valence-corrected chi connectivity index (χ1v) is 9.10. The van der Waals surface area contributed by atoms with E-state index in [-0.39, 0.29) is 29.5 Å². The van der Waals surface area contributed by atoms with Gasteiger partial charge in [-0.05, 0) is 51.9 Å². The van der Waals surface area contributed by atoms with Gasteiger partial charge in [0.05, 0.1) is 6.04 Å². The van der Waals surface area contributed by atoms with Gasteiger partial charge in [-0.2, -0.15) is 0 Å². The molecule has 2 heterocycles. The van der Waals surface area contributed by atoms with Crippen LogP contribution in [-0.4, -0.2) is 54.2 Å². The van der Waals surface area contributed by atoms with Crippen LogP contribution in [0.1, 0.15) is 60.3 Å². The van der Waals surface area contributed by atoms with Gasteiger partial charge in [0.2, 0.25) is 5.91 Å². The number of hydrogen-bond donors (Lipinski definition) is 2. The maximum absolute atomic E-state index is 12.3. The summed E-state index contributed by atoms with van der Waals surface area (Å²) in [4.78, 5) is 26.3. The summed E-state index contributed by atoms with van der Waals surface area (Å²) in [5.41, 5.74) is -0.587. The minimum atomic E-state index is -0.477. The molecule has 0 aromatic rings. The third kappa shape index (κ3) is 5.10. The summed E-state index contributed by atoms with van der Waals surface area (Å²) in [6.45, 7) is 12.0. The predicted molar refractivity (Wildman–Crippen MR) is 93.8 cm³/mol. The highest BCUT2D eigenvalue weighted by Gasteiger charge is 2.40. The second-order valence-electron chi connectivity index (χ2n) is 8.74. The van der Waals surface area contributed by atoms with Gasteiger partial charge in [0, 0.05) is 25.7 Å². The third-order valence-electron chi connectivity index (χ3n) is 4.82. The number of amides is 2. The maximum Gasteiger partial charge on any atom is 0.410 e. The van der Waals surface area contributed by atoms with E-state index >= 15 is 0 Å². The molecule has 2 rings (SSSR count). The zero-order valence-corrected chi connectivity index (χ0v) is 15.8. The number of piperidine rings is 1. The molecule has 0 bridgehead atoms. The molecule has 2 saturated heterocycles. The van der Waals surface area contributed by atoms with Gasteiger partial charge < -0.3 is 20.3 Å². The Labute approximate surface area is 145 Å². The molecule has 138 valence electrons. The highest BCUT2D eigenvalue weighted by molar-refractivity contribution is 5.82. The summed E-state index contributed by atoms with van der Waals surface area (Å²) in [6, 6.07) is 0.0925. The molecule has 6 heteroatoms. The normalized spacial score (nSPS) is 28.0. The van der Waals surface area contributed by atoms with Crippen LogP contribution in [0.15, 0.2) is 0 Å². The van der Waals surface area contributed by atoms with E-state index in [1.54, 1.807) is 4.90 Å². The van der Waals surface area contributed by atoms with Crippen LogP contribution in [0.3, 0.4) is 0 Å². The third-order valence-corrected chi connectivity index (χ3v) is 4.82. The largest absolute Gasteiger partial charge is 0.444 e. The fourth-order valence-corrected chi connectivity index (χ4v) is 3.49. The fourth-order valence-electron chi connectivity index (χ4n) is 3.49. The Hall–Kier alpha value is -1.30. The number of likely N-dealkylation sites (tertiary alicyclic amines) is 1. The molecule has 2 atom stereocenters. The lowest BCUT2D eigenvalue weighted by Gasteiger charge is -2.45. The predicted octanol–water partition coefficient (Wildman–Crippen LogP) is 2.28.